The lowest BCUT2D eigenvalue weighted by atomic mass is 9.83. The van der Waals surface area contributed by atoms with Gasteiger partial charge in [0.15, 0.2) is 0 Å². The minimum atomic E-state index is -0.942. The Hall–Kier alpha value is -4.22. The molecule has 5 rings (SSSR count). The van der Waals surface area contributed by atoms with Crippen molar-refractivity contribution in [1.29, 1.82) is 0 Å². The summed E-state index contributed by atoms with van der Waals surface area (Å²) in [6, 6.07) is 8.34. The Morgan fingerprint density at radius 2 is 1.86 bits per heavy atom. The van der Waals surface area contributed by atoms with Crippen LogP contribution in [0.3, 0.4) is 0 Å². The van der Waals surface area contributed by atoms with Gasteiger partial charge < -0.3 is 19.5 Å². The van der Waals surface area contributed by atoms with E-state index in [9.17, 15) is 29.3 Å². The number of pyridine rings is 1. The summed E-state index contributed by atoms with van der Waals surface area (Å²) < 4.78 is 6.58. The van der Waals surface area contributed by atoms with E-state index in [0.717, 1.165) is 16.9 Å². The summed E-state index contributed by atoms with van der Waals surface area (Å²) in [6.45, 7) is 1.11. The summed E-state index contributed by atoms with van der Waals surface area (Å²) in [6.07, 6.45) is 0.617. The van der Waals surface area contributed by atoms with E-state index in [2.05, 4.69) is 5.32 Å². The number of rotatable bonds is 6. The highest BCUT2D eigenvalue weighted by Gasteiger charge is 2.42. The number of amides is 4. The van der Waals surface area contributed by atoms with Gasteiger partial charge in [-0.1, -0.05) is 12.1 Å². The Kier molecular flexibility index (Phi) is 5.94. The summed E-state index contributed by atoms with van der Waals surface area (Å²) in [5, 5.41) is 13.7. The fourth-order valence-electron chi connectivity index (χ4n) is 5.36. The van der Waals surface area contributed by atoms with Crippen LogP contribution in [0.25, 0.3) is 0 Å². The van der Waals surface area contributed by atoms with E-state index in [1.165, 1.54) is 10.6 Å². The van der Waals surface area contributed by atoms with Gasteiger partial charge in [-0.2, -0.15) is 0 Å². The third-order valence-electron chi connectivity index (χ3n) is 7.12. The lowest BCUT2D eigenvalue weighted by Crippen LogP contribution is -2.50. The Bertz CT molecular complexity index is 1300. The van der Waals surface area contributed by atoms with Gasteiger partial charge in [0.1, 0.15) is 11.8 Å². The number of methoxy groups -OCH3 is 1. The number of piperidine rings is 1. The van der Waals surface area contributed by atoms with Crippen molar-refractivity contribution in [3.63, 3.8) is 0 Å². The molecule has 12 nitrogen and oxygen atoms in total. The van der Waals surface area contributed by atoms with Crippen LogP contribution in [0.5, 0.6) is 5.75 Å². The normalized spacial score (nSPS) is 22.8. The van der Waals surface area contributed by atoms with E-state index >= 15 is 0 Å². The molecular formula is C24H25N5O7. The SMILES string of the molecule is COc1ccc(CN2C(=O)NC(CC(=O)N3C[C@H]4C[C@@H](C3)c3ccc([N+](=O)[O-])c(=O)n3C4)C2=O)cc1. The number of fused-ring (bicyclic) bond motifs is 4. The van der Waals surface area contributed by atoms with E-state index in [0.29, 0.717) is 31.1 Å². The van der Waals surface area contributed by atoms with Crippen LogP contribution in [-0.2, 0) is 22.7 Å². The average molecular weight is 495 g/mol. The van der Waals surface area contributed by atoms with Crippen molar-refractivity contribution in [2.45, 2.75) is 37.9 Å². The van der Waals surface area contributed by atoms with Crippen LogP contribution in [0, 0.1) is 16.0 Å². The second-order valence-electron chi connectivity index (χ2n) is 9.39. The molecule has 188 valence electrons. The molecule has 1 unspecified atom stereocenters. The number of nitrogens with zero attached hydrogens (tertiary/aromatic N) is 4. The molecule has 0 saturated carbocycles. The quantitative estimate of drug-likeness (QED) is 0.360. The molecule has 12 heteroatoms. The molecule has 1 aromatic carbocycles. The van der Waals surface area contributed by atoms with E-state index in [4.69, 9.17) is 4.74 Å². The van der Waals surface area contributed by atoms with Crippen molar-refractivity contribution < 1.29 is 24.0 Å². The predicted octanol–water partition coefficient (Wildman–Crippen LogP) is 1.22. The topological polar surface area (TPSA) is 144 Å². The highest BCUT2D eigenvalue weighted by atomic mass is 16.6. The first-order chi connectivity index (χ1) is 17.2. The molecule has 4 amide bonds. The monoisotopic (exact) mass is 495 g/mol. The van der Waals surface area contributed by atoms with Crippen molar-refractivity contribution in [3.8, 4) is 5.75 Å². The number of likely N-dealkylation sites (tertiary alicyclic amines) is 1. The van der Waals surface area contributed by atoms with E-state index in [1.807, 2.05) is 0 Å². The number of aromatic nitrogens is 1. The maximum Gasteiger partial charge on any atom is 0.334 e. The zero-order valence-corrected chi connectivity index (χ0v) is 19.6. The third-order valence-corrected chi connectivity index (χ3v) is 7.12. The molecule has 2 bridgehead atoms. The largest absolute Gasteiger partial charge is 0.497 e. The minimum absolute atomic E-state index is 0.0275. The molecule has 1 aromatic heterocycles. The van der Waals surface area contributed by atoms with Crippen molar-refractivity contribution >= 4 is 23.5 Å². The fourth-order valence-corrected chi connectivity index (χ4v) is 5.36. The second kappa shape index (κ2) is 9.10. The first kappa shape index (κ1) is 23.5. The summed E-state index contributed by atoms with van der Waals surface area (Å²) in [7, 11) is 1.55. The number of carbonyl (C=O) groups is 3. The van der Waals surface area contributed by atoms with E-state index < -0.39 is 34.2 Å². The van der Waals surface area contributed by atoms with Gasteiger partial charge in [0, 0.05) is 37.3 Å². The summed E-state index contributed by atoms with van der Waals surface area (Å²) in [4.78, 5) is 64.2. The van der Waals surface area contributed by atoms with Crippen LogP contribution in [-0.4, -0.2) is 63.4 Å². The number of ether oxygens (including phenoxy) is 1. The number of carbonyl (C=O) groups excluding carboxylic acids is 3. The van der Waals surface area contributed by atoms with E-state index in [1.54, 1.807) is 42.3 Å². The Morgan fingerprint density at radius 1 is 1.11 bits per heavy atom. The molecule has 3 atom stereocenters. The number of hydrogen-bond acceptors (Lipinski definition) is 7. The average Bonchev–Trinajstić information content (AvgIpc) is 3.12. The molecule has 4 heterocycles. The molecule has 0 aliphatic carbocycles. The molecule has 36 heavy (non-hydrogen) atoms. The van der Waals surface area contributed by atoms with Gasteiger partial charge in [0.05, 0.1) is 25.0 Å². The highest BCUT2D eigenvalue weighted by Crippen LogP contribution is 2.36. The number of urea groups is 1. The van der Waals surface area contributed by atoms with Gasteiger partial charge in [0.25, 0.3) is 5.91 Å². The first-order valence-corrected chi connectivity index (χ1v) is 11.7. The Balaban J connectivity index is 1.25. The maximum absolute atomic E-state index is 13.1. The molecule has 0 spiro atoms. The zero-order chi connectivity index (χ0) is 25.6. The van der Waals surface area contributed by atoms with Crippen LogP contribution >= 0.6 is 0 Å². The lowest BCUT2D eigenvalue weighted by Gasteiger charge is -2.42. The van der Waals surface area contributed by atoms with Crippen molar-refractivity contribution in [3.05, 3.63) is 68.1 Å². The van der Waals surface area contributed by atoms with Crippen LogP contribution < -0.4 is 15.6 Å². The molecular weight excluding hydrogens is 470 g/mol. The molecule has 1 N–H and O–H groups in total. The molecule has 2 saturated heterocycles. The summed E-state index contributed by atoms with van der Waals surface area (Å²) in [5.41, 5.74) is 0.351. The smallest absolute Gasteiger partial charge is 0.334 e. The fraction of sp³-hybridized carbons (Fsp3) is 0.417. The minimum Gasteiger partial charge on any atom is -0.497 e. The van der Waals surface area contributed by atoms with Crippen molar-refractivity contribution in [2.24, 2.45) is 5.92 Å². The number of nitro groups is 1. The lowest BCUT2D eigenvalue weighted by molar-refractivity contribution is -0.386. The van der Waals surface area contributed by atoms with Gasteiger partial charge in [-0.05, 0) is 36.1 Å². The molecule has 2 aromatic rings. The molecule has 3 aliphatic rings. The third kappa shape index (κ3) is 4.18. The Morgan fingerprint density at radius 3 is 2.56 bits per heavy atom. The zero-order valence-electron chi connectivity index (χ0n) is 19.6. The first-order valence-electron chi connectivity index (χ1n) is 11.7. The number of hydrogen-bond donors (Lipinski definition) is 1. The van der Waals surface area contributed by atoms with Crippen LogP contribution in [0.4, 0.5) is 10.5 Å². The number of imide groups is 1. The van der Waals surface area contributed by atoms with Gasteiger partial charge in [-0.25, -0.2) is 4.79 Å². The van der Waals surface area contributed by atoms with Crippen molar-refractivity contribution in [2.75, 3.05) is 20.2 Å². The second-order valence-corrected chi connectivity index (χ2v) is 9.39. The van der Waals surface area contributed by atoms with Gasteiger partial charge >= 0.3 is 17.3 Å². The highest BCUT2D eigenvalue weighted by molar-refractivity contribution is 6.05. The van der Waals surface area contributed by atoms with Gasteiger partial charge in [0.2, 0.25) is 5.91 Å². The molecule has 0 radical (unpaired) electrons. The standard InChI is InChI=1S/C24H25N5O7/c1-36-17-4-2-14(3-5-17)11-28-22(31)18(25-24(28)33)9-21(30)26-10-15-8-16(13-26)19-6-7-20(29(34)35)23(32)27(19)12-15/h2-7,15-16,18H,8-13H2,1H3,(H,25,33)/t15-,16+,18?/m1/s1. The van der Waals surface area contributed by atoms with Crippen LogP contribution in [0.1, 0.15) is 30.0 Å². The summed E-state index contributed by atoms with van der Waals surface area (Å²) >= 11 is 0. The van der Waals surface area contributed by atoms with Crippen molar-refractivity contribution in [1.82, 2.24) is 19.7 Å². The number of benzene rings is 1. The maximum atomic E-state index is 13.1. The van der Waals surface area contributed by atoms with Crippen LogP contribution in [0.2, 0.25) is 0 Å². The predicted molar refractivity (Wildman–Crippen MR) is 125 cm³/mol. The Labute approximate surface area is 205 Å². The van der Waals surface area contributed by atoms with E-state index in [-0.39, 0.29) is 30.7 Å². The number of nitrogens with one attached hydrogen (secondary N) is 1. The van der Waals surface area contributed by atoms with Crippen LogP contribution in [0.15, 0.2) is 41.2 Å². The molecule has 2 fully saturated rings. The summed E-state index contributed by atoms with van der Waals surface area (Å²) in [5.74, 6) is -0.204. The molecule has 3 aliphatic heterocycles. The van der Waals surface area contributed by atoms with Gasteiger partial charge in [-0.15, -0.1) is 0 Å². The van der Waals surface area contributed by atoms with Gasteiger partial charge in [-0.3, -0.25) is 29.4 Å².